The van der Waals surface area contributed by atoms with E-state index in [0.29, 0.717) is 12.0 Å². The SMILES string of the molecule is CCCC1CCC(C#N)(Cc2ccccc2[N+](=O)[O-])CC1. The lowest BCUT2D eigenvalue weighted by atomic mass is 9.67. The van der Waals surface area contributed by atoms with Gasteiger partial charge in [-0.2, -0.15) is 5.26 Å². The van der Waals surface area contributed by atoms with Crippen molar-refractivity contribution in [3.05, 3.63) is 39.9 Å². The van der Waals surface area contributed by atoms with Crippen LogP contribution in [0, 0.1) is 32.8 Å². The molecule has 0 aromatic heterocycles. The summed E-state index contributed by atoms with van der Waals surface area (Å²) in [7, 11) is 0. The Kier molecular flexibility index (Phi) is 4.95. The summed E-state index contributed by atoms with van der Waals surface area (Å²) >= 11 is 0. The average Bonchev–Trinajstić information content (AvgIpc) is 2.50. The maximum Gasteiger partial charge on any atom is 0.272 e. The van der Waals surface area contributed by atoms with Gasteiger partial charge in [-0.05, 0) is 38.0 Å². The van der Waals surface area contributed by atoms with Gasteiger partial charge < -0.3 is 0 Å². The minimum Gasteiger partial charge on any atom is -0.258 e. The van der Waals surface area contributed by atoms with Crippen molar-refractivity contribution in [2.45, 2.75) is 51.9 Å². The lowest BCUT2D eigenvalue weighted by molar-refractivity contribution is -0.385. The molecule has 4 nitrogen and oxygen atoms in total. The number of nitriles is 1. The minimum atomic E-state index is -0.420. The summed E-state index contributed by atoms with van der Waals surface area (Å²) in [6, 6.07) is 9.29. The van der Waals surface area contributed by atoms with Crippen LogP contribution in [0.25, 0.3) is 0 Å². The Morgan fingerprint density at radius 2 is 2.05 bits per heavy atom. The molecular weight excluding hydrogens is 264 g/mol. The van der Waals surface area contributed by atoms with Gasteiger partial charge in [0, 0.05) is 11.6 Å². The summed E-state index contributed by atoms with van der Waals surface area (Å²) in [6.07, 6.45) is 6.78. The summed E-state index contributed by atoms with van der Waals surface area (Å²) in [5, 5.41) is 20.7. The van der Waals surface area contributed by atoms with Gasteiger partial charge >= 0.3 is 0 Å². The molecule has 1 fully saturated rings. The Morgan fingerprint density at radius 3 is 2.62 bits per heavy atom. The van der Waals surface area contributed by atoms with Crippen molar-refractivity contribution in [3.63, 3.8) is 0 Å². The molecule has 1 saturated carbocycles. The summed E-state index contributed by atoms with van der Waals surface area (Å²) in [4.78, 5) is 10.8. The fourth-order valence-corrected chi connectivity index (χ4v) is 3.46. The number of hydrogen-bond acceptors (Lipinski definition) is 3. The quantitative estimate of drug-likeness (QED) is 0.585. The first-order valence-electron chi connectivity index (χ1n) is 7.74. The number of nitro groups is 1. The fourth-order valence-electron chi connectivity index (χ4n) is 3.46. The standard InChI is InChI=1S/C17H22N2O2/c1-2-5-14-8-10-17(13-18,11-9-14)12-15-6-3-4-7-16(15)19(20)21/h3-4,6-7,14H,2,5,8-12H2,1H3. The van der Waals surface area contributed by atoms with Crippen molar-refractivity contribution >= 4 is 5.69 Å². The van der Waals surface area contributed by atoms with Crippen molar-refractivity contribution in [1.82, 2.24) is 0 Å². The molecule has 1 aliphatic rings. The molecule has 0 radical (unpaired) electrons. The second-order valence-electron chi connectivity index (χ2n) is 6.19. The van der Waals surface area contributed by atoms with Gasteiger partial charge in [0.05, 0.1) is 16.4 Å². The van der Waals surface area contributed by atoms with Crippen LogP contribution in [-0.4, -0.2) is 4.92 Å². The molecule has 1 aliphatic carbocycles. The number of hydrogen-bond donors (Lipinski definition) is 0. The third-order valence-corrected chi connectivity index (χ3v) is 4.71. The highest BCUT2D eigenvalue weighted by molar-refractivity contribution is 5.41. The molecular formula is C17H22N2O2. The predicted octanol–water partition coefficient (Wildman–Crippen LogP) is 4.64. The van der Waals surface area contributed by atoms with Crippen LogP contribution in [0.5, 0.6) is 0 Å². The predicted molar refractivity (Wildman–Crippen MR) is 81.7 cm³/mol. The molecule has 0 unspecified atom stereocenters. The zero-order valence-corrected chi connectivity index (χ0v) is 12.5. The first kappa shape index (κ1) is 15.5. The van der Waals surface area contributed by atoms with Crippen molar-refractivity contribution in [3.8, 4) is 6.07 Å². The fraction of sp³-hybridized carbons (Fsp3) is 0.588. The Morgan fingerprint density at radius 1 is 1.38 bits per heavy atom. The number of rotatable bonds is 5. The first-order valence-corrected chi connectivity index (χ1v) is 7.74. The van der Waals surface area contributed by atoms with E-state index in [1.807, 2.05) is 6.07 Å². The normalized spacial score (nSPS) is 25.2. The molecule has 1 aromatic rings. The average molecular weight is 286 g/mol. The van der Waals surface area contributed by atoms with E-state index in [2.05, 4.69) is 13.0 Å². The van der Waals surface area contributed by atoms with E-state index in [1.165, 1.54) is 18.9 Å². The monoisotopic (exact) mass is 286 g/mol. The zero-order chi connectivity index (χ0) is 15.3. The van der Waals surface area contributed by atoms with E-state index >= 15 is 0 Å². The van der Waals surface area contributed by atoms with Crippen LogP contribution in [0.1, 0.15) is 51.0 Å². The van der Waals surface area contributed by atoms with Crippen LogP contribution in [0.3, 0.4) is 0 Å². The van der Waals surface area contributed by atoms with E-state index in [-0.39, 0.29) is 10.6 Å². The highest BCUT2D eigenvalue weighted by Crippen LogP contribution is 2.43. The highest BCUT2D eigenvalue weighted by atomic mass is 16.6. The Labute approximate surface area is 125 Å². The lowest BCUT2D eigenvalue weighted by Gasteiger charge is -2.35. The van der Waals surface area contributed by atoms with E-state index in [0.717, 1.165) is 31.6 Å². The molecule has 0 heterocycles. The molecule has 2 rings (SSSR count). The van der Waals surface area contributed by atoms with E-state index in [4.69, 9.17) is 0 Å². The van der Waals surface area contributed by atoms with Gasteiger partial charge in [0.15, 0.2) is 0 Å². The smallest absolute Gasteiger partial charge is 0.258 e. The maximum absolute atomic E-state index is 11.1. The van der Waals surface area contributed by atoms with Crippen LogP contribution < -0.4 is 0 Å². The summed E-state index contributed by atoms with van der Waals surface area (Å²) < 4.78 is 0. The third-order valence-electron chi connectivity index (χ3n) is 4.71. The van der Waals surface area contributed by atoms with Crippen molar-refractivity contribution in [2.24, 2.45) is 11.3 Å². The molecule has 0 N–H and O–H groups in total. The molecule has 0 aliphatic heterocycles. The molecule has 4 heteroatoms. The molecule has 0 atom stereocenters. The van der Waals surface area contributed by atoms with E-state index in [9.17, 15) is 15.4 Å². The topological polar surface area (TPSA) is 66.9 Å². The Hall–Kier alpha value is -1.89. The first-order chi connectivity index (χ1) is 10.1. The maximum atomic E-state index is 11.1. The third kappa shape index (κ3) is 3.60. The summed E-state index contributed by atoms with van der Waals surface area (Å²) in [6.45, 7) is 2.19. The Bertz CT molecular complexity index is 540. The molecule has 0 bridgehead atoms. The second-order valence-corrected chi connectivity index (χ2v) is 6.19. The number of benzene rings is 1. The van der Waals surface area contributed by atoms with Crippen LogP contribution in [0.15, 0.2) is 24.3 Å². The van der Waals surface area contributed by atoms with Crippen molar-refractivity contribution < 1.29 is 4.92 Å². The molecule has 0 amide bonds. The van der Waals surface area contributed by atoms with E-state index < -0.39 is 5.41 Å². The minimum absolute atomic E-state index is 0.141. The van der Waals surface area contributed by atoms with Crippen LogP contribution in [0.4, 0.5) is 5.69 Å². The van der Waals surface area contributed by atoms with Gasteiger partial charge in [-0.25, -0.2) is 0 Å². The number of para-hydroxylation sites is 1. The molecule has 0 spiro atoms. The number of nitro benzene ring substituents is 1. The molecule has 112 valence electrons. The largest absolute Gasteiger partial charge is 0.272 e. The van der Waals surface area contributed by atoms with Crippen LogP contribution in [-0.2, 0) is 6.42 Å². The number of nitrogens with zero attached hydrogens (tertiary/aromatic N) is 2. The van der Waals surface area contributed by atoms with Crippen molar-refractivity contribution in [1.29, 1.82) is 5.26 Å². The van der Waals surface area contributed by atoms with Gasteiger partial charge in [-0.15, -0.1) is 0 Å². The second kappa shape index (κ2) is 6.71. The summed E-state index contributed by atoms with van der Waals surface area (Å²) in [5.41, 5.74) is 0.414. The van der Waals surface area contributed by atoms with Crippen LogP contribution in [0.2, 0.25) is 0 Å². The van der Waals surface area contributed by atoms with Crippen molar-refractivity contribution in [2.75, 3.05) is 0 Å². The lowest BCUT2D eigenvalue weighted by Crippen LogP contribution is -2.28. The van der Waals surface area contributed by atoms with Gasteiger partial charge in [0.1, 0.15) is 0 Å². The zero-order valence-electron chi connectivity index (χ0n) is 12.5. The van der Waals surface area contributed by atoms with Gasteiger partial charge in [0.2, 0.25) is 0 Å². The van der Waals surface area contributed by atoms with E-state index in [1.54, 1.807) is 12.1 Å². The van der Waals surface area contributed by atoms with Crippen LogP contribution >= 0.6 is 0 Å². The van der Waals surface area contributed by atoms with Gasteiger partial charge in [-0.1, -0.05) is 38.0 Å². The molecule has 21 heavy (non-hydrogen) atoms. The summed E-state index contributed by atoms with van der Waals surface area (Å²) in [5.74, 6) is 0.724. The van der Waals surface area contributed by atoms with Gasteiger partial charge in [0.25, 0.3) is 5.69 Å². The molecule has 1 aromatic carbocycles. The Balaban J connectivity index is 2.14. The highest BCUT2D eigenvalue weighted by Gasteiger charge is 2.36. The van der Waals surface area contributed by atoms with Gasteiger partial charge in [-0.3, -0.25) is 10.1 Å². The molecule has 0 saturated heterocycles.